The minimum absolute atomic E-state index is 0.201. The number of aromatic nitrogens is 2. The molecule has 0 fully saturated rings. The SMILES string of the molecule is Cc1cc(C)n(CCOC(=O)c2ccc(C)c(NC(=O)c3ccco3)c2)n1. The van der Waals surface area contributed by atoms with E-state index in [2.05, 4.69) is 10.4 Å². The monoisotopic (exact) mass is 367 g/mol. The average molecular weight is 367 g/mol. The van der Waals surface area contributed by atoms with Crippen molar-refractivity contribution < 1.29 is 18.7 Å². The Labute approximate surface area is 156 Å². The summed E-state index contributed by atoms with van der Waals surface area (Å²) in [5, 5.41) is 7.08. The highest BCUT2D eigenvalue weighted by Crippen LogP contribution is 2.19. The molecular weight excluding hydrogens is 346 g/mol. The fourth-order valence-electron chi connectivity index (χ4n) is 2.68. The van der Waals surface area contributed by atoms with Gasteiger partial charge in [0, 0.05) is 11.4 Å². The van der Waals surface area contributed by atoms with Gasteiger partial charge in [0.05, 0.1) is 24.1 Å². The molecule has 27 heavy (non-hydrogen) atoms. The third kappa shape index (κ3) is 4.44. The zero-order valence-corrected chi connectivity index (χ0v) is 15.5. The van der Waals surface area contributed by atoms with Crippen LogP contribution in [0.5, 0.6) is 0 Å². The van der Waals surface area contributed by atoms with Crippen molar-refractivity contribution in [1.82, 2.24) is 9.78 Å². The number of benzene rings is 1. The van der Waals surface area contributed by atoms with Crippen LogP contribution in [0, 0.1) is 20.8 Å². The number of rotatable bonds is 6. The Morgan fingerprint density at radius 2 is 2.00 bits per heavy atom. The largest absolute Gasteiger partial charge is 0.460 e. The molecule has 3 aromatic rings. The van der Waals surface area contributed by atoms with E-state index in [0.717, 1.165) is 17.0 Å². The fraction of sp³-hybridized carbons (Fsp3) is 0.250. The van der Waals surface area contributed by atoms with Gasteiger partial charge in [-0.2, -0.15) is 5.10 Å². The second-order valence-corrected chi connectivity index (χ2v) is 6.25. The van der Waals surface area contributed by atoms with Gasteiger partial charge in [-0.1, -0.05) is 6.07 Å². The molecule has 7 nitrogen and oxygen atoms in total. The van der Waals surface area contributed by atoms with Gasteiger partial charge in [0.25, 0.3) is 5.91 Å². The zero-order chi connectivity index (χ0) is 19.4. The van der Waals surface area contributed by atoms with Crippen LogP contribution in [0.15, 0.2) is 47.1 Å². The standard InChI is InChI=1S/C20H21N3O4/c1-13-6-7-16(12-17(13)21-19(24)18-5-4-9-26-18)20(25)27-10-8-23-15(3)11-14(2)22-23/h4-7,9,11-12H,8,10H2,1-3H3,(H,21,24). The van der Waals surface area contributed by atoms with Crippen molar-refractivity contribution in [2.24, 2.45) is 0 Å². The maximum absolute atomic E-state index is 12.3. The summed E-state index contributed by atoms with van der Waals surface area (Å²) in [5.41, 5.74) is 3.67. The van der Waals surface area contributed by atoms with Crippen molar-refractivity contribution in [2.75, 3.05) is 11.9 Å². The van der Waals surface area contributed by atoms with Gasteiger partial charge in [0.2, 0.25) is 0 Å². The van der Waals surface area contributed by atoms with Crippen molar-refractivity contribution in [1.29, 1.82) is 0 Å². The van der Waals surface area contributed by atoms with Crippen molar-refractivity contribution in [3.05, 3.63) is 70.9 Å². The quantitative estimate of drug-likeness (QED) is 0.674. The van der Waals surface area contributed by atoms with Crippen molar-refractivity contribution in [2.45, 2.75) is 27.3 Å². The van der Waals surface area contributed by atoms with Crippen LogP contribution in [0.3, 0.4) is 0 Å². The van der Waals surface area contributed by atoms with Gasteiger partial charge in [0.15, 0.2) is 5.76 Å². The van der Waals surface area contributed by atoms with Crippen LogP contribution in [-0.4, -0.2) is 28.3 Å². The Morgan fingerprint density at radius 1 is 1.19 bits per heavy atom. The molecule has 0 aliphatic heterocycles. The number of nitrogens with one attached hydrogen (secondary N) is 1. The summed E-state index contributed by atoms with van der Waals surface area (Å²) in [5.74, 6) is -0.629. The normalized spacial score (nSPS) is 10.6. The van der Waals surface area contributed by atoms with Crippen LogP contribution >= 0.6 is 0 Å². The van der Waals surface area contributed by atoms with Gasteiger partial charge >= 0.3 is 5.97 Å². The Kier molecular flexibility index (Phi) is 5.40. The van der Waals surface area contributed by atoms with Gasteiger partial charge in [-0.3, -0.25) is 9.48 Å². The minimum atomic E-state index is -0.454. The second kappa shape index (κ2) is 7.90. The van der Waals surface area contributed by atoms with Crippen LogP contribution in [0.25, 0.3) is 0 Å². The van der Waals surface area contributed by atoms with Crippen molar-refractivity contribution in [3.63, 3.8) is 0 Å². The van der Waals surface area contributed by atoms with E-state index in [1.165, 1.54) is 6.26 Å². The number of anilines is 1. The van der Waals surface area contributed by atoms with Crippen LogP contribution in [0.2, 0.25) is 0 Å². The molecule has 1 aromatic carbocycles. The summed E-state index contributed by atoms with van der Waals surface area (Å²) in [6.45, 7) is 6.41. The first-order valence-corrected chi connectivity index (χ1v) is 8.58. The molecule has 0 radical (unpaired) electrons. The molecule has 0 saturated carbocycles. The first-order valence-electron chi connectivity index (χ1n) is 8.58. The number of nitrogens with zero attached hydrogens (tertiary/aromatic N) is 2. The summed E-state index contributed by atoms with van der Waals surface area (Å²) < 4.78 is 12.2. The first kappa shape index (κ1) is 18.4. The van der Waals surface area contributed by atoms with E-state index >= 15 is 0 Å². The van der Waals surface area contributed by atoms with Gasteiger partial charge in [-0.25, -0.2) is 4.79 Å². The molecule has 3 rings (SSSR count). The molecule has 0 unspecified atom stereocenters. The van der Waals surface area contributed by atoms with Crippen LogP contribution in [0.1, 0.15) is 37.9 Å². The third-order valence-corrected chi connectivity index (χ3v) is 4.11. The fourth-order valence-corrected chi connectivity index (χ4v) is 2.68. The molecular formula is C20H21N3O4. The molecule has 0 spiro atoms. The summed E-state index contributed by atoms with van der Waals surface area (Å²) in [7, 11) is 0. The summed E-state index contributed by atoms with van der Waals surface area (Å²) in [4.78, 5) is 24.5. The maximum atomic E-state index is 12.3. The number of carbonyl (C=O) groups excluding carboxylic acids is 2. The molecule has 2 aromatic heterocycles. The van der Waals surface area contributed by atoms with Crippen molar-refractivity contribution in [3.8, 4) is 0 Å². The number of amides is 1. The summed E-state index contributed by atoms with van der Waals surface area (Å²) in [6.07, 6.45) is 1.43. The van der Waals surface area contributed by atoms with Gasteiger partial charge < -0.3 is 14.5 Å². The average Bonchev–Trinajstić information content (AvgIpc) is 3.27. The number of hydrogen-bond donors (Lipinski definition) is 1. The molecule has 0 aliphatic rings. The lowest BCUT2D eigenvalue weighted by molar-refractivity contribution is 0.0486. The minimum Gasteiger partial charge on any atom is -0.460 e. The highest BCUT2D eigenvalue weighted by molar-refractivity contribution is 6.03. The molecule has 1 amide bonds. The smallest absolute Gasteiger partial charge is 0.338 e. The third-order valence-electron chi connectivity index (χ3n) is 4.11. The maximum Gasteiger partial charge on any atom is 0.338 e. The van der Waals surface area contributed by atoms with E-state index in [-0.39, 0.29) is 18.3 Å². The Bertz CT molecular complexity index is 958. The Hall–Kier alpha value is -3.35. The molecule has 7 heteroatoms. The van der Waals surface area contributed by atoms with Gasteiger partial charge in [-0.15, -0.1) is 0 Å². The second-order valence-electron chi connectivity index (χ2n) is 6.25. The number of esters is 1. The van der Waals surface area contributed by atoms with Gasteiger partial charge in [-0.05, 0) is 56.7 Å². The van der Waals surface area contributed by atoms with E-state index < -0.39 is 5.97 Å². The number of furan rings is 1. The number of hydrogen-bond acceptors (Lipinski definition) is 5. The molecule has 1 N–H and O–H groups in total. The lowest BCUT2D eigenvalue weighted by Crippen LogP contribution is -2.15. The zero-order valence-electron chi connectivity index (χ0n) is 15.5. The highest BCUT2D eigenvalue weighted by Gasteiger charge is 2.14. The molecule has 0 saturated heterocycles. The van der Waals surface area contributed by atoms with E-state index in [1.807, 2.05) is 26.8 Å². The van der Waals surface area contributed by atoms with E-state index in [4.69, 9.17) is 9.15 Å². The predicted molar refractivity (Wildman–Crippen MR) is 99.8 cm³/mol. The number of carbonyl (C=O) groups is 2. The van der Waals surface area contributed by atoms with Crippen LogP contribution < -0.4 is 5.32 Å². The Morgan fingerprint density at radius 3 is 2.67 bits per heavy atom. The lowest BCUT2D eigenvalue weighted by atomic mass is 10.1. The molecule has 0 bridgehead atoms. The lowest BCUT2D eigenvalue weighted by Gasteiger charge is -2.10. The Balaban J connectivity index is 1.63. The summed E-state index contributed by atoms with van der Waals surface area (Å²) in [6, 6.07) is 10.2. The van der Waals surface area contributed by atoms with E-state index in [0.29, 0.717) is 17.8 Å². The van der Waals surface area contributed by atoms with E-state index in [9.17, 15) is 9.59 Å². The van der Waals surface area contributed by atoms with Crippen LogP contribution in [0.4, 0.5) is 5.69 Å². The number of aryl methyl sites for hydroxylation is 3. The molecule has 0 aliphatic carbocycles. The predicted octanol–water partition coefficient (Wildman–Crippen LogP) is 3.51. The highest BCUT2D eigenvalue weighted by atomic mass is 16.5. The number of ether oxygens (including phenoxy) is 1. The van der Waals surface area contributed by atoms with Crippen molar-refractivity contribution >= 4 is 17.6 Å². The van der Waals surface area contributed by atoms with Gasteiger partial charge in [0.1, 0.15) is 6.61 Å². The van der Waals surface area contributed by atoms with Crippen LogP contribution in [-0.2, 0) is 11.3 Å². The molecule has 140 valence electrons. The van der Waals surface area contributed by atoms with E-state index in [1.54, 1.807) is 35.0 Å². The summed E-state index contributed by atoms with van der Waals surface area (Å²) >= 11 is 0. The first-order chi connectivity index (χ1) is 12.9. The topological polar surface area (TPSA) is 86.4 Å². The molecule has 0 atom stereocenters. The molecule has 2 heterocycles.